The molecule has 5 heteroatoms. The van der Waals surface area contributed by atoms with Crippen LogP contribution in [-0.2, 0) is 6.42 Å². The van der Waals surface area contributed by atoms with E-state index in [1.54, 1.807) is 11.3 Å². The Morgan fingerprint density at radius 2 is 2.43 bits per heavy atom. The molecular formula is C9H18N4S. The van der Waals surface area contributed by atoms with Crippen molar-refractivity contribution in [2.75, 3.05) is 20.6 Å². The number of nitrogens with one attached hydrogen (secondary N) is 1. The molecule has 0 amide bonds. The van der Waals surface area contributed by atoms with Gasteiger partial charge in [-0.15, -0.1) is 11.3 Å². The number of hydrogen-bond donors (Lipinski definition) is 2. The van der Waals surface area contributed by atoms with Crippen LogP contribution in [0.5, 0.6) is 0 Å². The summed E-state index contributed by atoms with van der Waals surface area (Å²) >= 11 is 1.68. The first-order chi connectivity index (χ1) is 6.72. The molecule has 0 fully saturated rings. The smallest absolute Gasteiger partial charge is 0.0794 e. The molecule has 0 spiro atoms. The van der Waals surface area contributed by atoms with Gasteiger partial charge in [-0.3, -0.25) is 16.3 Å². The highest BCUT2D eigenvalue weighted by atomic mass is 32.1. The number of hydrazine groups is 1. The Kier molecular flexibility index (Phi) is 5.03. The highest BCUT2D eigenvalue weighted by molar-refractivity contribution is 7.09. The summed E-state index contributed by atoms with van der Waals surface area (Å²) in [5, 5.41) is 0. The van der Waals surface area contributed by atoms with Crippen LogP contribution in [0.4, 0.5) is 0 Å². The second-order valence-corrected chi connectivity index (χ2v) is 4.60. The van der Waals surface area contributed by atoms with Crippen molar-refractivity contribution in [2.24, 2.45) is 5.84 Å². The fourth-order valence-electron chi connectivity index (χ4n) is 1.24. The average Bonchev–Trinajstić information content (AvgIpc) is 2.64. The molecule has 1 rings (SSSR count). The van der Waals surface area contributed by atoms with E-state index in [-0.39, 0.29) is 0 Å². The zero-order valence-corrected chi connectivity index (χ0v) is 9.55. The van der Waals surface area contributed by atoms with Crippen molar-refractivity contribution in [2.45, 2.75) is 18.9 Å². The summed E-state index contributed by atoms with van der Waals surface area (Å²) in [5.41, 5.74) is 4.70. The van der Waals surface area contributed by atoms with Crippen molar-refractivity contribution in [3.8, 4) is 0 Å². The minimum atomic E-state index is 0.345. The fraction of sp³-hybridized carbons (Fsp3) is 0.667. The van der Waals surface area contributed by atoms with Crippen LogP contribution < -0.4 is 11.3 Å². The fourth-order valence-corrected chi connectivity index (χ4v) is 1.92. The van der Waals surface area contributed by atoms with Crippen LogP contribution in [0.1, 0.15) is 11.3 Å². The van der Waals surface area contributed by atoms with Crippen molar-refractivity contribution >= 4 is 11.3 Å². The van der Waals surface area contributed by atoms with E-state index in [2.05, 4.69) is 29.4 Å². The molecule has 0 radical (unpaired) electrons. The molecule has 0 saturated heterocycles. The van der Waals surface area contributed by atoms with Gasteiger partial charge in [-0.2, -0.15) is 0 Å². The number of rotatable bonds is 6. The van der Waals surface area contributed by atoms with Crippen LogP contribution in [0, 0.1) is 0 Å². The van der Waals surface area contributed by atoms with E-state index in [1.165, 1.54) is 4.88 Å². The first kappa shape index (κ1) is 11.6. The van der Waals surface area contributed by atoms with Gasteiger partial charge in [-0.05, 0) is 27.1 Å². The van der Waals surface area contributed by atoms with E-state index in [9.17, 15) is 0 Å². The minimum absolute atomic E-state index is 0.345. The van der Waals surface area contributed by atoms with Crippen molar-refractivity contribution in [3.05, 3.63) is 16.6 Å². The Hall–Kier alpha value is -0.490. The maximum Gasteiger partial charge on any atom is 0.0794 e. The molecular weight excluding hydrogens is 196 g/mol. The molecule has 1 aromatic rings. The van der Waals surface area contributed by atoms with Gasteiger partial charge in [-0.1, -0.05) is 0 Å². The number of nitrogens with two attached hydrogens (primary N) is 1. The van der Waals surface area contributed by atoms with Gasteiger partial charge in [0.05, 0.1) is 5.51 Å². The molecule has 1 unspecified atom stereocenters. The molecule has 0 aliphatic carbocycles. The normalized spacial score (nSPS) is 13.4. The molecule has 1 aromatic heterocycles. The second-order valence-electron chi connectivity index (χ2n) is 3.63. The highest BCUT2D eigenvalue weighted by Crippen LogP contribution is 2.10. The molecule has 0 aromatic carbocycles. The largest absolute Gasteiger partial charge is 0.309 e. The van der Waals surface area contributed by atoms with Gasteiger partial charge in [0.15, 0.2) is 0 Å². The molecule has 0 saturated carbocycles. The van der Waals surface area contributed by atoms with E-state index >= 15 is 0 Å². The molecule has 1 heterocycles. The van der Waals surface area contributed by atoms with Gasteiger partial charge in [0.25, 0.3) is 0 Å². The quantitative estimate of drug-likeness (QED) is 0.534. The molecule has 3 N–H and O–H groups in total. The van der Waals surface area contributed by atoms with Crippen molar-refractivity contribution < 1.29 is 0 Å². The Morgan fingerprint density at radius 3 is 2.93 bits per heavy atom. The van der Waals surface area contributed by atoms with Gasteiger partial charge in [0, 0.05) is 23.5 Å². The van der Waals surface area contributed by atoms with Gasteiger partial charge >= 0.3 is 0 Å². The third-order valence-electron chi connectivity index (χ3n) is 2.09. The predicted molar refractivity (Wildman–Crippen MR) is 60.1 cm³/mol. The molecule has 0 bridgehead atoms. The van der Waals surface area contributed by atoms with Crippen molar-refractivity contribution in [1.29, 1.82) is 0 Å². The summed E-state index contributed by atoms with van der Waals surface area (Å²) in [4.78, 5) is 7.49. The molecule has 80 valence electrons. The zero-order chi connectivity index (χ0) is 10.4. The third-order valence-corrected chi connectivity index (χ3v) is 2.89. The Labute approximate surface area is 89.1 Å². The lowest BCUT2D eigenvalue weighted by Crippen LogP contribution is -2.38. The summed E-state index contributed by atoms with van der Waals surface area (Å²) < 4.78 is 0. The summed E-state index contributed by atoms with van der Waals surface area (Å²) in [7, 11) is 4.14. The Balaban J connectivity index is 2.32. The van der Waals surface area contributed by atoms with Crippen LogP contribution in [0.3, 0.4) is 0 Å². The van der Waals surface area contributed by atoms with E-state index < -0.39 is 0 Å². The topological polar surface area (TPSA) is 54.2 Å². The lowest BCUT2D eigenvalue weighted by molar-refractivity contribution is 0.359. The van der Waals surface area contributed by atoms with Gasteiger partial charge in [0.2, 0.25) is 0 Å². The lowest BCUT2D eigenvalue weighted by Gasteiger charge is -2.17. The second kappa shape index (κ2) is 6.08. The zero-order valence-electron chi connectivity index (χ0n) is 8.73. The highest BCUT2D eigenvalue weighted by Gasteiger charge is 2.08. The van der Waals surface area contributed by atoms with E-state index in [0.717, 1.165) is 19.4 Å². The SMILES string of the molecule is CN(C)CCC(Cc1cncs1)NN. The van der Waals surface area contributed by atoms with Crippen molar-refractivity contribution in [3.63, 3.8) is 0 Å². The number of nitrogens with zero attached hydrogens (tertiary/aromatic N) is 2. The molecule has 0 aliphatic heterocycles. The summed E-state index contributed by atoms with van der Waals surface area (Å²) in [6.45, 7) is 1.05. The Bertz CT molecular complexity index is 235. The number of thiazole rings is 1. The van der Waals surface area contributed by atoms with E-state index in [0.29, 0.717) is 6.04 Å². The van der Waals surface area contributed by atoms with Crippen LogP contribution >= 0.6 is 11.3 Å². The van der Waals surface area contributed by atoms with Gasteiger partial charge in [-0.25, -0.2) is 0 Å². The maximum absolute atomic E-state index is 5.49. The first-order valence-corrected chi connectivity index (χ1v) is 5.58. The predicted octanol–water partition coefficient (Wildman–Crippen LogP) is 0.469. The van der Waals surface area contributed by atoms with E-state index in [1.807, 2.05) is 11.7 Å². The van der Waals surface area contributed by atoms with Crippen molar-refractivity contribution in [1.82, 2.24) is 15.3 Å². The lowest BCUT2D eigenvalue weighted by atomic mass is 10.1. The number of hydrogen-bond acceptors (Lipinski definition) is 5. The monoisotopic (exact) mass is 214 g/mol. The molecule has 1 atom stereocenters. The van der Waals surface area contributed by atoms with Crippen LogP contribution in [-0.4, -0.2) is 36.6 Å². The standard InChI is InChI=1S/C9H18N4S/c1-13(2)4-3-8(12-10)5-9-6-11-7-14-9/h6-8,12H,3-5,10H2,1-2H3. The first-order valence-electron chi connectivity index (χ1n) is 4.70. The third kappa shape index (κ3) is 4.15. The molecule has 14 heavy (non-hydrogen) atoms. The Morgan fingerprint density at radius 1 is 1.64 bits per heavy atom. The molecule has 0 aliphatic rings. The van der Waals surface area contributed by atoms with Crippen LogP contribution in [0.2, 0.25) is 0 Å². The number of aromatic nitrogens is 1. The minimum Gasteiger partial charge on any atom is -0.309 e. The maximum atomic E-state index is 5.49. The summed E-state index contributed by atoms with van der Waals surface area (Å²) in [6.07, 6.45) is 3.93. The van der Waals surface area contributed by atoms with Gasteiger partial charge < -0.3 is 4.90 Å². The van der Waals surface area contributed by atoms with Crippen LogP contribution in [0.25, 0.3) is 0 Å². The van der Waals surface area contributed by atoms with Crippen LogP contribution in [0.15, 0.2) is 11.7 Å². The van der Waals surface area contributed by atoms with Gasteiger partial charge in [0.1, 0.15) is 0 Å². The molecule has 4 nitrogen and oxygen atoms in total. The summed E-state index contributed by atoms with van der Waals surface area (Å²) in [5.74, 6) is 5.49. The average molecular weight is 214 g/mol. The van der Waals surface area contributed by atoms with E-state index in [4.69, 9.17) is 5.84 Å². The summed E-state index contributed by atoms with van der Waals surface area (Å²) in [6, 6.07) is 0.345.